The molecule has 0 saturated carbocycles. The van der Waals surface area contributed by atoms with Crippen molar-refractivity contribution in [3.05, 3.63) is 51.2 Å². The van der Waals surface area contributed by atoms with Gasteiger partial charge in [-0.05, 0) is 17.7 Å². The standard InChI is InChI=1S/C11H8ClF3N4O2/c12-6-3-1-5(2-4-6)7(11(13,14)15)16-9(20)8-17-10(21)19-18-8/h1-4,7H,(H,16,20)(H2,17,18,19,21)/t7-/m0/s1. The van der Waals surface area contributed by atoms with E-state index in [-0.39, 0.29) is 10.6 Å². The lowest BCUT2D eigenvalue weighted by Crippen LogP contribution is -2.38. The summed E-state index contributed by atoms with van der Waals surface area (Å²) < 4.78 is 39.1. The van der Waals surface area contributed by atoms with E-state index in [2.05, 4.69) is 5.10 Å². The average molecular weight is 321 g/mol. The van der Waals surface area contributed by atoms with Gasteiger partial charge in [0.2, 0.25) is 5.82 Å². The zero-order valence-corrected chi connectivity index (χ0v) is 10.9. The molecule has 0 spiro atoms. The molecule has 0 fully saturated rings. The number of nitrogens with one attached hydrogen (secondary N) is 3. The van der Waals surface area contributed by atoms with Crippen molar-refractivity contribution in [3.63, 3.8) is 0 Å². The van der Waals surface area contributed by atoms with Crippen molar-refractivity contribution in [2.75, 3.05) is 0 Å². The van der Waals surface area contributed by atoms with E-state index < -0.39 is 29.6 Å². The van der Waals surface area contributed by atoms with Crippen molar-refractivity contribution < 1.29 is 18.0 Å². The Morgan fingerprint density at radius 3 is 2.38 bits per heavy atom. The largest absolute Gasteiger partial charge is 0.412 e. The third kappa shape index (κ3) is 3.63. The number of amides is 1. The number of carbonyl (C=O) groups excluding carboxylic acids is 1. The molecule has 2 aromatic rings. The number of rotatable bonds is 3. The first-order chi connectivity index (χ1) is 9.77. The summed E-state index contributed by atoms with van der Waals surface area (Å²) >= 11 is 5.61. The quantitative estimate of drug-likeness (QED) is 0.805. The number of carbonyl (C=O) groups is 1. The van der Waals surface area contributed by atoms with Crippen LogP contribution in [0.5, 0.6) is 0 Å². The molecule has 3 N–H and O–H groups in total. The predicted molar refractivity (Wildman–Crippen MR) is 66.9 cm³/mol. The van der Waals surface area contributed by atoms with Gasteiger partial charge >= 0.3 is 11.9 Å². The maximum atomic E-state index is 13.0. The van der Waals surface area contributed by atoms with Gasteiger partial charge in [-0.2, -0.15) is 13.2 Å². The molecule has 0 aliphatic rings. The molecule has 0 unspecified atom stereocenters. The van der Waals surface area contributed by atoms with E-state index >= 15 is 0 Å². The highest BCUT2D eigenvalue weighted by Crippen LogP contribution is 2.33. The summed E-state index contributed by atoms with van der Waals surface area (Å²) in [7, 11) is 0. The zero-order valence-electron chi connectivity index (χ0n) is 10.2. The van der Waals surface area contributed by atoms with Gasteiger partial charge in [0.1, 0.15) is 0 Å². The minimum atomic E-state index is -4.72. The number of halogens is 4. The molecule has 0 saturated heterocycles. The SMILES string of the molecule is O=C(N[C@@H](c1ccc(Cl)cc1)C(F)(F)F)c1n[nH]c(=O)[nH]1. The van der Waals surface area contributed by atoms with Crippen molar-refractivity contribution in [2.24, 2.45) is 0 Å². The minimum absolute atomic E-state index is 0.196. The van der Waals surface area contributed by atoms with Crippen LogP contribution < -0.4 is 11.0 Å². The van der Waals surface area contributed by atoms with Gasteiger partial charge in [-0.25, -0.2) is 9.89 Å². The number of hydrogen-bond acceptors (Lipinski definition) is 3. The van der Waals surface area contributed by atoms with Crippen LogP contribution >= 0.6 is 11.6 Å². The normalized spacial score (nSPS) is 13.0. The van der Waals surface area contributed by atoms with Crippen LogP contribution in [0.4, 0.5) is 13.2 Å². The van der Waals surface area contributed by atoms with Gasteiger partial charge in [0.15, 0.2) is 6.04 Å². The second-order valence-corrected chi connectivity index (χ2v) is 4.46. The lowest BCUT2D eigenvalue weighted by atomic mass is 10.1. The Kier molecular flexibility index (Phi) is 4.03. The summed E-state index contributed by atoms with van der Waals surface area (Å²) in [4.78, 5) is 24.4. The van der Waals surface area contributed by atoms with Crippen LogP contribution in [0.25, 0.3) is 0 Å². The lowest BCUT2D eigenvalue weighted by molar-refractivity contribution is -0.155. The second kappa shape index (κ2) is 5.60. The summed E-state index contributed by atoms with van der Waals surface area (Å²) in [6, 6.07) is 2.60. The van der Waals surface area contributed by atoms with Crippen LogP contribution in [0.3, 0.4) is 0 Å². The number of alkyl halides is 3. The van der Waals surface area contributed by atoms with Gasteiger partial charge < -0.3 is 5.32 Å². The van der Waals surface area contributed by atoms with Crippen LogP contribution in [0.1, 0.15) is 22.2 Å². The Morgan fingerprint density at radius 1 is 1.29 bits per heavy atom. The maximum absolute atomic E-state index is 13.0. The van der Waals surface area contributed by atoms with Crippen LogP contribution in [0.2, 0.25) is 5.02 Å². The van der Waals surface area contributed by atoms with Gasteiger partial charge in [0.25, 0.3) is 5.91 Å². The lowest BCUT2D eigenvalue weighted by Gasteiger charge is -2.21. The minimum Gasteiger partial charge on any atom is -0.334 e. The summed E-state index contributed by atoms with van der Waals surface area (Å²) in [6.07, 6.45) is -4.72. The average Bonchev–Trinajstić information content (AvgIpc) is 2.82. The molecule has 0 bridgehead atoms. The van der Waals surface area contributed by atoms with Gasteiger partial charge in [0, 0.05) is 5.02 Å². The third-order valence-corrected chi connectivity index (χ3v) is 2.77. The molecule has 1 aromatic carbocycles. The van der Waals surface area contributed by atoms with E-state index in [1.54, 1.807) is 5.32 Å². The fourth-order valence-electron chi connectivity index (χ4n) is 1.59. The summed E-state index contributed by atoms with van der Waals surface area (Å²) in [5.41, 5.74) is -0.992. The highest BCUT2D eigenvalue weighted by atomic mass is 35.5. The topological polar surface area (TPSA) is 90.6 Å². The molecule has 1 amide bonds. The van der Waals surface area contributed by atoms with E-state index in [4.69, 9.17) is 11.6 Å². The van der Waals surface area contributed by atoms with Crippen LogP contribution in [0, 0.1) is 0 Å². The fraction of sp³-hybridized carbons (Fsp3) is 0.182. The first-order valence-corrected chi connectivity index (χ1v) is 5.93. The zero-order chi connectivity index (χ0) is 15.6. The first-order valence-electron chi connectivity index (χ1n) is 5.55. The second-order valence-electron chi connectivity index (χ2n) is 4.03. The summed E-state index contributed by atoms with van der Waals surface area (Å²) in [6.45, 7) is 0. The summed E-state index contributed by atoms with van der Waals surface area (Å²) in [5.74, 6) is -1.70. The monoisotopic (exact) mass is 320 g/mol. The van der Waals surface area contributed by atoms with E-state index in [0.717, 1.165) is 12.1 Å². The molecule has 0 aliphatic heterocycles. The van der Waals surface area contributed by atoms with Crippen LogP contribution in [0.15, 0.2) is 29.1 Å². The number of aromatic nitrogens is 3. The molecular weight excluding hydrogens is 313 g/mol. The van der Waals surface area contributed by atoms with Crippen molar-refractivity contribution >= 4 is 17.5 Å². The Balaban J connectivity index is 2.27. The van der Waals surface area contributed by atoms with Crippen LogP contribution in [-0.2, 0) is 0 Å². The molecule has 0 radical (unpaired) electrons. The number of hydrogen-bond donors (Lipinski definition) is 3. The first kappa shape index (κ1) is 15.1. The Bertz CT molecular complexity index is 692. The molecule has 1 atom stereocenters. The van der Waals surface area contributed by atoms with Crippen LogP contribution in [-0.4, -0.2) is 27.3 Å². The molecule has 10 heteroatoms. The highest BCUT2D eigenvalue weighted by Gasteiger charge is 2.42. The van der Waals surface area contributed by atoms with Crippen molar-refractivity contribution in [1.29, 1.82) is 0 Å². The van der Waals surface area contributed by atoms with Crippen molar-refractivity contribution in [3.8, 4) is 0 Å². The number of H-pyrrole nitrogens is 2. The Hall–Kier alpha value is -2.29. The van der Waals surface area contributed by atoms with Gasteiger partial charge in [0.05, 0.1) is 0 Å². The molecule has 112 valence electrons. The van der Waals surface area contributed by atoms with Gasteiger partial charge in [-0.1, -0.05) is 23.7 Å². The molecule has 6 nitrogen and oxygen atoms in total. The Morgan fingerprint density at radius 2 is 1.90 bits per heavy atom. The van der Waals surface area contributed by atoms with E-state index in [9.17, 15) is 22.8 Å². The highest BCUT2D eigenvalue weighted by molar-refractivity contribution is 6.30. The summed E-state index contributed by atoms with van der Waals surface area (Å²) in [5, 5.41) is 7.18. The molecule has 0 aliphatic carbocycles. The molecule has 1 heterocycles. The number of benzene rings is 1. The van der Waals surface area contributed by atoms with E-state index in [1.165, 1.54) is 12.1 Å². The fourth-order valence-corrected chi connectivity index (χ4v) is 1.71. The predicted octanol–water partition coefficient (Wildman–Crippen LogP) is 1.78. The molecular formula is C11H8ClF3N4O2. The Labute approximate surface area is 120 Å². The smallest absolute Gasteiger partial charge is 0.334 e. The van der Waals surface area contributed by atoms with E-state index in [1.807, 2.05) is 10.1 Å². The number of aromatic amines is 2. The molecule has 2 rings (SSSR count). The number of nitrogens with zero attached hydrogens (tertiary/aromatic N) is 1. The third-order valence-electron chi connectivity index (χ3n) is 2.52. The van der Waals surface area contributed by atoms with E-state index in [0.29, 0.717) is 0 Å². The van der Waals surface area contributed by atoms with Gasteiger partial charge in [-0.3, -0.25) is 9.78 Å². The molecule has 21 heavy (non-hydrogen) atoms. The maximum Gasteiger partial charge on any atom is 0.412 e. The van der Waals surface area contributed by atoms with Gasteiger partial charge in [-0.15, -0.1) is 5.10 Å². The van der Waals surface area contributed by atoms with Crippen molar-refractivity contribution in [1.82, 2.24) is 20.5 Å². The van der Waals surface area contributed by atoms with Crippen molar-refractivity contribution in [2.45, 2.75) is 12.2 Å². The molecule has 1 aromatic heterocycles.